The van der Waals surface area contributed by atoms with Crippen molar-refractivity contribution in [2.24, 2.45) is 7.05 Å². The third-order valence-electron chi connectivity index (χ3n) is 3.81. The van der Waals surface area contributed by atoms with Gasteiger partial charge in [0.1, 0.15) is 16.7 Å². The third-order valence-corrected chi connectivity index (χ3v) is 4.17. The highest BCUT2D eigenvalue weighted by molar-refractivity contribution is 6.31. The predicted molar refractivity (Wildman–Crippen MR) is 93.0 cm³/mol. The third kappa shape index (κ3) is 3.84. The molecule has 1 heterocycles. The summed E-state index contributed by atoms with van der Waals surface area (Å²) in [5, 5.41) is 4.92. The number of hydrogen-bond donors (Lipinski definition) is 1. The van der Waals surface area contributed by atoms with Gasteiger partial charge in [-0.3, -0.25) is 9.48 Å². The minimum absolute atomic E-state index is 0.0533. The van der Waals surface area contributed by atoms with Crippen molar-refractivity contribution in [3.63, 3.8) is 0 Å². The van der Waals surface area contributed by atoms with E-state index in [0.29, 0.717) is 0 Å². The molecule has 0 unspecified atom stereocenters. The van der Waals surface area contributed by atoms with Crippen molar-refractivity contribution in [2.75, 3.05) is 5.32 Å². The van der Waals surface area contributed by atoms with Crippen LogP contribution < -0.4 is 5.32 Å². The summed E-state index contributed by atoms with van der Waals surface area (Å²) in [6, 6.07) is 7.81. The molecule has 0 bridgehead atoms. The maximum atomic E-state index is 13.8. The number of nitrogens with zero attached hydrogens (tertiary/aromatic N) is 2. The molecule has 3 aromatic rings. The summed E-state index contributed by atoms with van der Waals surface area (Å²) in [5.74, 6) is -3.09. The lowest BCUT2D eigenvalue weighted by molar-refractivity contribution is -0.141. The van der Waals surface area contributed by atoms with Gasteiger partial charge >= 0.3 is 6.18 Å². The van der Waals surface area contributed by atoms with Gasteiger partial charge in [-0.15, -0.1) is 0 Å². The highest BCUT2D eigenvalue weighted by Gasteiger charge is 2.39. The van der Waals surface area contributed by atoms with Crippen LogP contribution in [0.1, 0.15) is 16.1 Å². The highest BCUT2D eigenvalue weighted by Crippen LogP contribution is 2.34. The van der Waals surface area contributed by atoms with Crippen molar-refractivity contribution in [1.82, 2.24) is 9.78 Å². The van der Waals surface area contributed by atoms with Crippen molar-refractivity contribution in [2.45, 2.75) is 6.18 Å². The van der Waals surface area contributed by atoms with Crippen LogP contribution in [-0.2, 0) is 13.2 Å². The minimum atomic E-state index is -4.82. The van der Waals surface area contributed by atoms with Gasteiger partial charge in [0.25, 0.3) is 5.91 Å². The molecule has 0 radical (unpaired) electrons. The Balaban J connectivity index is 2.01. The number of carbonyl (C=O) groups excluding carboxylic acids is 1. The molecule has 2 aromatic carbocycles. The predicted octanol–water partition coefficient (Wildman–Crippen LogP) is 5.29. The monoisotopic (exact) mass is 415 g/mol. The summed E-state index contributed by atoms with van der Waals surface area (Å²) in [4.78, 5) is 12.4. The van der Waals surface area contributed by atoms with E-state index >= 15 is 0 Å². The zero-order valence-corrected chi connectivity index (χ0v) is 14.9. The van der Waals surface area contributed by atoms with E-state index in [1.807, 2.05) is 0 Å². The quantitative estimate of drug-likeness (QED) is 0.466. The van der Waals surface area contributed by atoms with Crippen molar-refractivity contribution in [3.8, 4) is 11.1 Å². The standard InChI is InChI=1S/C18H11ClF5N3O/c1-27-8-11(16(26-27)18(22,23)24)17(28)25-14-5-3-2-4-10(14)9-6-12(20)15(19)13(21)7-9/h2-8H,1H3,(H,25,28). The lowest BCUT2D eigenvalue weighted by Crippen LogP contribution is -2.18. The first-order valence-corrected chi connectivity index (χ1v) is 8.12. The zero-order chi connectivity index (χ0) is 20.6. The number of halogens is 6. The van der Waals surface area contributed by atoms with Crippen molar-refractivity contribution < 1.29 is 26.7 Å². The fraction of sp³-hybridized carbons (Fsp3) is 0.111. The second-order valence-corrected chi connectivity index (χ2v) is 6.19. The Morgan fingerprint density at radius 2 is 1.75 bits per heavy atom. The Morgan fingerprint density at radius 1 is 1.14 bits per heavy atom. The number of hydrogen-bond acceptors (Lipinski definition) is 2. The average molecular weight is 416 g/mol. The van der Waals surface area contributed by atoms with E-state index in [0.717, 1.165) is 23.0 Å². The lowest BCUT2D eigenvalue weighted by atomic mass is 10.0. The first-order valence-electron chi connectivity index (χ1n) is 7.74. The second-order valence-electron chi connectivity index (χ2n) is 5.82. The molecule has 0 aliphatic carbocycles. The van der Waals surface area contributed by atoms with Crippen LogP contribution in [0.2, 0.25) is 5.02 Å². The highest BCUT2D eigenvalue weighted by atomic mass is 35.5. The molecule has 3 rings (SSSR count). The molecule has 1 aromatic heterocycles. The number of nitrogens with one attached hydrogen (secondary N) is 1. The molecule has 0 spiro atoms. The van der Waals surface area contributed by atoms with Crippen LogP contribution >= 0.6 is 11.6 Å². The molecule has 0 atom stereocenters. The average Bonchev–Trinajstić information content (AvgIpc) is 3.02. The summed E-state index contributed by atoms with van der Waals surface area (Å²) in [6.45, 7) is 0. The van der Waals surface area contributed by atoms with E-state index in [1.165, 1.54) is 25.2 Å². The fourth-order valence-corrected chi connectivity index (χ4v) is 2.72. The molecule has 0 saturated carbocycles. The SMILES string of the molecule is Cn1cc(C(=O)Nc2ccccc2-c2cc(F)c(Cl)c(F)c2)c(C(F)(F)F)n1. The fourth-order valence-electron chi connectivity index (χ4n) is 2.61. The van der Waals surface area contributed by atoms with Gasteiger partial charge in [-0.2, -0.15) is 18.3 Å². The van der Waals surface area contributed by atoms with Crippen LogP contribution in [0.25, 0.3) is 11.1 Å². The lowest BCUT2D eigenvalue weighted by Gasteiger charge is -2.12. The van der Waals surface area contributed by atoms with Crippen LogP contribution in [0.4, 0.5) is 27.6 Å². The molecule has 146 valence electrons. The maximum Gasteiger partial charge on any atom is 0.435 e. The number of rotatable bonds is 3. The molecule has 1 N–H and O–H groups in total. The Morgan fingerprint density at radius 3 is 2.36 bits per heavy atom. The molecule has 10 heteroatoms. The smallest absolute Gasteiger partial charge is 0.321 e. The Labute approximate surface area is 160 Å². The molecule has 28 heavy (non-hydrogen) atoms. The first-order chi connectivity index (χ1) is 13.1. The number of aryl methyl sites for hydroxylation is 1. The summed E-state index contributed by atoms with van der Waals surface area (Å²) in [6.07, 6.45) is -3.89. The van der Waals surface area contributed by atoms with E-state index in [2.05, 4.69) is 10.4 Å². The van der Waals surface area contributed by atoms with Crippen LogP contribution in [0.3, 0.4) is 0 Å². The van der Waals surface area contributed by atoms with Crippen molar-refractivity contribution in [3.05, 3.63) is 70.5 Å². The Kier molecular flexibility index (Phi) is 5.12. The molecule has 0 saturated heterocycles. The molecule has 0 aliphatic heterocycles. The summed E-state index contributed by atoms with van der Waals surface area (Å²) in [7, 11) is 1.25. The van der Waals surface area contributed by atoms with Gasteiger partial charge in [0.2, 0.25) is 0 Å². The molecular formula is C18H11ClF5N3O. The summed E-state index contributed by atoms with van der Waals surface area (Å²) < 4.78 is 67.7. The minimum Gasteiger partial charge on any atom is -0.321 e. The number of anilines is 1. The number of benzene rings is 2. The second kappa shape index (κ2) is 7.23. The number of aromatic nitrogens is 2. The van der Waals surface area contributed by atoms with Gasteiger partial charge in [0.05, 0.1) is 5.56 Å². The van der Waals surface area contributed by atoms with Gasteiger partial charge in [-0.1, -0.05) is 29.8 Å². The van der Waals surface area contributed by atoms with E-state index < -0.39 is 40.0 Å². The Hall–Kier alpha value is -2.94. The normalized spacial score (nSPS) is 11.5. The summed E-state index contributed by atoms with van der Waals surface area (Å²) in [5.41, 5.74) is -1.71. The number of amides is 1. The van der Waals surface area contributed by atoms with Gasteiger partial charge in [0.15, 0.2) is 5.69 Å². The van der Waals surface area contributed by atoms with E-state index in [-0.39, 0.29) is 16.8 Å². The van der Waals surface area contributed by atoms with Crippen molar-refractivity contribution >= 4 is 23.2 Å². The first kappa shape index (κ1) is 19.8. The molecule has 0 fully saturated rings. The van der Waals surface area contributed by atoms with Crippen LogP contribution in [-0.4, -0.2) is 15.7 Å². The topological polar surface area (TPSA) is 46.9 Å². The van der Waals surface area contributed by atoms with Crippen LogP contribution in [0.15, 0.2) is 42.6 Å². The van der Waals surface area contributed by atoms with Crippen LogP contribution in [0, 0.1) is 11.6 Å². The number of carbonyl (C=O) groups is 1. The molecule has 1 amide bonds. The van der Waals surface area contributed by atoms with Gasteiger partial charge < -0.3 is 5.32 Å². The van der Waals surface area contributed by atoms with Gasteiger partial charge in [-0.05, 0) is 23.8 Å². The Bertz CT molecular complexity index is 1040. The van der Waals surface area contributed by atoms with Crippen molar-refractivity contribution in [1.29, 1.82) is 0 Å². The van der Waals surface area contributed by atoms with E-state index in [4.69, 9.17) is 11.6 Å². The van der Waals surface area contributed by atoms with Gasteiger partial charge in [0, 0.05) is 24.5 Å². The maximum absolute atomic E-state index is 13.8. The van der Waals surface area contributed by atoms with E-state index in [1.54, 1.807) is 6.07 Å². The molecular weight excluding hydrogens is 405 g/mol. The van der Waals surface area contributed by atoms with Gasteiger partial charge in [-0.25, -0.2) is 8.78 Å². The molecule has 0 aliphatic rings. The summed E-state index contributed by atoms with van der Waals surface area (Å²) >= 11 is 5.47. The van der Waals surface area contributed by atoms with E-state index in [9.17, 15) is 26.7 Å². The number of alkyl halides is 3. The van der Waals surface area contributed by atoms with Crippen LogP contribution in [0.5, 0.6) is 0 Å². The molecule has 4 nitrogen and oxygen atoms in total. The zero-order valence-electron chi connectivity index (χ0n) is 14.1. The largest absolute Gasteiger partial charge is 0.435 e. The number of para-hydroxylation sites is 1.